The van der Waals surface area contributed by atoms with E-state index in [9.17, 15) is 0 Å². The zero-order valence-corrected chi connectivity index (χ0v) is 12.3. The number of ether oxygens (including phenoxy) is 2. The van der Waals surface area contributed by atoms with Gasteiger partial charge in [-0.05, 0) is 44.4 Å². The molecule has 0 heterocycles. The maximum atomic E-state index is 8.89. The zero-order chi connectivity index (χ0) is 14.3. The summed E-state index contributed by atoms with van der Waals surface area (Å²) in [5.74, 6) is 1.51. The molecule has 19 heavy (non-hydrogen) atoms. The van der Waals surface area contributed by atoms with Gasteiger partial charge in [-0.1, -0.05) is 6.07 Å². The van der Waals surface area contributed by atoms with Crippen LogP contribution in [-0.4, -0.2) is 38.0 Å². The van der Waals surface area contributed by atoms with Crippen LogP contribution in [0.3, 0.4) is 0 Å². The van der Waals surface area contributed by atoms with Crippen molar-refractivity contribution in [2.24, 2.45) is 0 Å². The molecule has 0 aliphatic rings. The molecule has 0 bridgehead atoms. The second-order valence-electron chi connectivity index (χ2n) is 4.87. The molecule has 1 aromatic rings. The molecule has 4 heteroatoms. The van der Waals surface area contributed by atoms with Gasteiger partial charge < -0.3 is 19.9 Å². The number of hydrogen-bond donors (Lipinski definition) is 2. The van der Waals surface area contributed by atoms with Crippen LogP contribution in [0.4, 0.5) is 0 Å². The van der Waals surface area contributed by atoms with Gasteiger partial charge in [-0.3, -0.25) is 0 Å². The third kappa shape index (κ3) is 5.09. The highest BCUT2D eigenvalue weighted by Gasteiger charge is 2.10. The lowest BCUT2D eigenvalue weighted by Gasteiger charge is -2.20. The van der Waals surface area contributed by atoms with Crippen molar-refractivity contribution in [3.63, 3.8) is 0 Å². The minimum atomic E-state index is 0.219. The lowest BCUT2D eigenvalue weighted by molar-refractivity contribution is 0.264. The van der Waals surface area contributed by atoms with E-state index >= 15 is 0 Å². The SMILES string of the molecule is COc1ccc(CC(C)NC(C)CCO)cc1OC. The van der Waals surface area contributed by atoms with Gasteiger partial charge in [0.05, 0.1) is 14.2 Å². The van der Waals surface area contributed by atoms with Crippen molar-refractivity contribution >= 4 is 0 Å². The summed E-state index contributed by atoms with van der Waals surface area (Å²) >= 11 is 0. The molecule has 2 unspecified atom stereocenters. The monoisotopic (exact) mass is 267 g/mol. The second-order valence-corrected chi connectivity index (χ2v) is 4.87. The van der Waals surface area contributed by atoms with Crippen LogP contribution in [-0.2, 0) is 6.42 Å². The molecule has 0 aromatic heterocycles. The van der Waals surface area contributed by atoms with Gasteiger partial charge in [0.1, 0.15) is 0 Å². The average molecular weight is 267 g/mol. The number of aliphatic hydroxyl groups is 1. The minimum absolute atomic E-state index is 0.219. The van der Waals surface area contributed by atoms with Crippen LogP contribution in [0.1, 0.15) is 25.8 Å². The van der Waals surface area contributed by atoms with Crippen LogP contribution in [0.15, 0.2) is 18.2 Å². The summed E-state index contributed by atoms with van der Waals surface area (Å²) in [6, 6.07) is 6.65. The first-order chi connectivity index (χ1) is 9.10. The van der Waals surface area contributed by atoms with E-state index in [0.29, 0.717) is 12.1 Å². The summed E-state index contributed by atoms with van der Waals surface area (Å²) in [5, 5.41) is 12.4. The van der Waals surface area contributed by atoms with Crippen molar-refractivity contribution in [3.05, 3.63) is 23.8 Å². The average Bonchev–Trinajstić information content (AvgIpc) is 2.38. The molecule has 2 atom stereocenters. The van der Waals surface area contributed by atoms with E-state index in [4.69, 9.17) is 14.6 Å². The Morgan fingerprint density at radius 1 is 1.11 bits per heavy atom. The van der Waals surface area contributed by atoms with Crippen LogP contribution in [0.25, 0.3) is 0 Å². The van der Waals surface area contributed by atoms with Crippen molar-refractivity contribution in [1.82, 2.24) is 5.32 Å². The Balaban J connectivity index is 2.61. The summed E-state index contributed by atoms with van der Waals surface area (Å²) in [5.41, 5.74) is 1.20. The van der Waals surface area contributed by atoms with E-state index in [1.54, 1.807) is 14.2 Å². The Hall–Kier alpha value is -1.26. The molecular formula is C15H25NO3. The van der Waals surface area contributed by atoms with E-state index in [0.717, 1.165) is 24.3 Å². The highest BCUT2D eigenvalue weighted by Crippen LogP contribution is 2.27. The fourth-order valence-corrected chi connectivity index (χ4v) is 2.18. The number of methoxy groups -OCH3 is 2. The van der Waals surface area contributed by atoms with Crippen LogP contribution < -0.4 is 14.8 Å². The van der Waals surface area contributed by atoms with Crippen molar-refractivity contribution in [2.75, 3.05) is 20.8 Å². The summed E-state index contributed by atoms with van der Waals surface area (Å²) in [4.78, 5) is 0. The normalized spacial score (nSPS) is 13.9. The number of nitrogens with one attached hydrogen (secondary N) is 1. The molecule has 0 spiro atoms. The van der Waals surface area contributed by atoms with Gasteiger partial charge in [-0.15, -0.1) is 0 Å². The third-order valence-corrected chi connectivity index (χ3v) is 3.12. The van der Waals surface area contributed by atoms with Crippen molar-refractivity contribution in [1.29, 1.82) is 0 Å². The molecule has 108 valence electrons. The van der Waals surface area contributed by atoms with Crippen molar-refractivity contribution in [2.45, 2.75) is 38.8 Å². The molecule has 0 aliphatic heterocycles. The molecule has 0 saturated heterocycles. The van der Waals surface area contributed by atoms with E-state index in [-0.39, 0.29) is 6.61 Å². The van der Waals surface area contributed by atoms with Gasteiger partial charge in [0, 0.05) is 18.7 Å². The predicted molar refractivity (Wildman–Crippen MR) is 77.0 cm³/mol. The van der Waals surface area contributed by atoms with Gasteiger partial charge in [-0.25, -0.2) is 0 Å². The molecule has 0 saturated carbocycles. The van der Waals surface area contributed by atoms with Crippen molar-refractivity contribution in [3.8, 4) is 11.5 Å². The fourth-order valence-electron chi connectivity index (χ4n) is 2.18. The molecular weight excluding hydrogens is 242 g/mol. The van der Waals surface area contributed by atoms with Crippen LogP contribution in [0.2, 0.25) is 0 Å². The Morgan fingerprint density at radius 3 is 2.37 bits per heavy atom. The molecule has 1 aromatic carbocycles. The molecule has 0 aliphatic carbocycles. The molecule has 2 N–H and O–H groups in total. The summed E-state index contributed by atoms with van der Waals surface area (Å²) in [6.07, 6.45) is 1.69. The largest absolute Gasteiger partial charge is 0.493 e. The van der Waals surface area contributed by atoms with Gasteiger partial charge >= 0.3 is 0 Å². The Labute approximate surface area is 115 Å². The molecule has 0 radical (unpaired) electrons. The fraction of sp³-hybridized carbons (Fsp3) is 0.600. The minimum Gasteiger partial charge on any atom is -0.493 e. The number of aliphatic hydroxyl groups excluding tert-OH is 1. The number of benzene rings is 1. The summed E-state index contributed by atoms with van der Waals surface area (Å²) < 4.78 is 10.5. The zero-order valence-electron chi connectivity index (χ0n) is 12.3. The standard InChI is InChI=1S/C15H25NO3/c1-11(7-8-17)16-12(2)9-13-5-6-14(18-3)15(10-13)19-4/h5-6,10-12,16-17H,7-9H2,1-4H3. The van der Waals surface area contributed by atoms with Crippen LogP contribution >= 0.6 is 0 Å². The molecule has 0 fully saturated rings. The Kier molecular flexibility index (Phi) is 6.67. The molecule has 1 rings (SSSR count). The predicted octanol–water partition coefficient (Wildman–Crippen LogP) is 2.00. The highest BCUT2D eigenvalue weighted by molar-refractivity contribution is 5.43. The molecule has 4 nitrogen and oxygen atoms in total. The summed E-state index contributed by atoms with van der Waals surface area (Å²) in [6.45, 7) is 4.45. The lowest BCUT2D eigenvalue weighted by Crippen LogP contribution is -2.36. The first-order valence-electron chi connectivity index (χ1n) is 6.68. The number of hydrogen-bond acceptors (Lipinski definition) is 4. The van der Waals surface area contributed by atoms with Crippen LogP contribution in [0, 0.1) is 0 Å². The topological polar surface area (TPSA) is 50.7 Å². The van der Waals surface area contributed by atoms with Gasteiger partial charge in [-0.2, -0.15) is 0 Å². The smallest absolute Gasteiger partial charge is 0.160 e. The number of rotatable bonds is 8. The summed E-state index contributed by atoms with van der Waals surface area (Å²) in [7, 11) is 3.28. The maximum absolute atomic E-state index is 8.89. The van der Waals surface area contributed by atoms with Crippen LogP contribution in [0.5, 0.6) is 11.5 Å². The Morgan fingerprint density at radius 2 is 1.79 bits per heavy atom. The van der Waals surface area contributed by atoms with E-state index in [1.165, 1.54) is 5.56 Å². The Bertz CT molecular complexity index is 382. The third-order valence-electron chi connectivity index (χ3n) is 3.12. The highest BCUT2D eigenvalue weighted by atomic mass is 16.5. The van der Waals surface area contributed by atoms with Gasteiger partial charge in [0.25, 0.3) is 0 Å². The van der Waals surface area contributed by atoms with E-state index < -0.39 is 0 Å². The first-order valence-corrected chi connectivity index (χ1v) is 6.68. The lowest BCUT2D eigenvalue weighted by atomic mass is 10.1. The first kappa shape index (κ1) is 15.8. The second kappa shape index (κ2) is 8.02. The van der Waals surface area contributed by atoms with E-state index in [2.05, 4.69) is 25.2 Å². The van der Waals surface area contributed by atoms with Gasteiger partial charge in [0.2, 0.25) is 0 Å². The van der Waals surface area contributed by atoms with Gasteiger partial charge in [0.15, 0.2) is 11.5 Å². The maximum Gasteiger partial charge on any atom is 0.160 e. The van der Waals surface area contributed by atoms with Crippen molar-refractivity contribution < 1.29 is 14.6 Å². The van der Waals surface area contributed by atoms with E-state index in [1.807, 2.05) is 12.1 Å². The quantitative estimate of drug-likeness (QED) is 0.756. The molecule has 0 amide bonds.